The lowest BCUT2D eigenvalue weighted by atomic mass is 10.0. The third kappa shape index (κ3) is 3.70. The Morgan fingerprint density at radius 1 is 0.971 bits per heavy atom. The zero-order valence-corrected chi connectivity index (χ0v) is 19.3. The number of hydrogen-bond donors (Lipinski definition) is 1. The van der Waals surface area contributed by atoms with Crippen LogP contribution in [0.25, 0.3) is 33.3 Å². The molecule has 2 aromatic carbocycles. The highest BCUT2D eigenvalue weighted by Crippen LogP contribution is 2.32. The van der Waals surface area contributed by atoms with Crippen LogP contribution in [0.15, 0.2) is 84.3 Å². The number of rotatable bonds is 5. The van der Waals surface area contributed by atoms with Gasteiger partial charge in [0, 0.05) is 54.3 Å². The van der Waals surface area contributed by atoms with Gasteiger partial charge >= 0.3 is 0 Å². The summed E-state index contributed by atoms with van der Waals surface area (Å²) in [4.78, 5) is 9.79. The largest absolute Gasteiger partial charge is 0.378 e. The zero-order chi connectivity index (χ0) is 23.9. The minimum Gasteiger partial charge on any atom is -0.378 e. The van der Waals surface area contributed by atoms with Gasteiger partial charge in [-0.1, -0.05) is 12.1 Å². The normalized spacial score (nSPS) is 11.4. The number of nitrogens with one attached hydrogen (secondary N) is 1. The number of benzene rings is 2. The summed E-state index contributed by atoms with van der Waals surface area (Å²) in [5, 5.41) is 13.9. The fourth-order valence-corrected chi connectivity index (χ4v) is 4.86. The number of nitrogens with zero attached hydrogens (tertiary/aromatic N) is 5. The van der Waals surface area contributed by atoms with Gasteiger partial charge in [0.15, 0.2) is 0 Å². The summed E-state index contributed by atoms with van der Waals surface area (Å²) in [6.45, 7) is 0. The van der Waals surface area contributed by atoms with Crippen molar-refractivity contribution in [2.45, 2.75) is 4.90 Å². The first-order valence-corrected chi connectivity index (χ1v) is 11.9. The fourth-order valence-electron chi connectivity index (χ4n) is 3.74. The van der Waals surface area contributed by atoms with Crippen LogP contribution < -0.4 is 4.90 Å². The molecule has 9 heteroatoms. The van der Waals surface area contributed by atoms with Crippen LogP contribution in [0.5, 0.6) is 0 Å². The van der Waals surface area contributed by atoms with Crippen LogP contribution >= 0.6 is 0 Å². The highest BCUT2D eigenvalue weighted by Gasteiger charge is 2.20. The topological polar surface area (TPSA) is 108 Å². The van der Waals surface area contributed by atoms with E-state index in [0.29, 0.717) is 16.8 Å². The van der Waals surface area contributed by atoms with E-state index in [-0.39, 0.29) is 4.90 Å². The van der Waals surface area contributed by atoms with Gasteiger partial charge in [0.2, 0.25) is 0 Å². The van der Waals surface area contributed by atoms with E-state index in [0.717, 1.165) is 31.9 Å². The van der Waals surface area contributed by atoms with Crippen molar-refractivity contribution >= 4 is 26.7 Å². The highest BCUT2D eigenvalue weighted by atomic mass is 32.2. The van der Waals surface area contributed by atoms with Crippen molar-refractivity contribution in [1.82, 2.24) is 19.2 Å². The third-order valence-corrected chi connectivity index (χ3v) is 7.21. The van der Waals surface area contributed by atoms with Crippen LogP contribution in [0.4, 0.5) is 5.69 Å². The summed E-state index contributed by atoms with van der Waals surface area (Å²) in [7, 11) is 0.109. The second-order valence-electron chi connectivity index (χ2n) is 8.01. The van der Waals surface area contributed by atoms with Crippen molar-refractivity contribution in [1.29, 1.82) is 5.26 Å². The minimum absolute atomic E-state index is 0.0604. The second kappa shape index (κ2) is 8.17. The second-order valence-corrected chi connectivity index (χ2v) is 9.80. The lowest BCUT2D eigenvalue weighted by molar-refractivity contribution is 0.580. The van der Waals surface area contributed by atoms with Gasteiger partial charge in [-0.05, 0) is 48.0 Å². The van der Waals surface area contributed by atoms with Crippen molar-refractivity contribution in [3.05, 3.63) is 84.9 Å². The van der Waals surface area contributed by atoms with Crippen LogP contribution in [0.2, 0.25) is 0 Å². The van der Waals surface area contributed by atoms with Crippen molar-refractivity contribution in [2.75, 3.05) is 19.0 Å². The first-order valence-electron chi connectivity index (χ1n) is 10.4. The van der Waals surface area contributed by atoms with Crippen LogP contribution in [0, 0.1) is 11.3 Å². The molecule has 0 unspecified atom stereocenters. The van der Waals surface area contributed by atoms with Crippen LogP contribution in [0.1, 0.15) is 5.56 Å². The summed E-state index contributed by atoms with van der Waals surface area (Å²) < 4.78 is 26.9. The Kier molecular flexibility index (Phi) is 5.15. The Morgan fingerprint density at radius 2 is 1.71 bits per heavy atom. The lowest BCUT2D eigenvalue weighted by Gasteiger charge is -2.12. The molecule has 0 bridgehead atoms. The molecule has 34 heavy (non-hydrogen) atoms. The molecule has 8 nitrogen and oxygen atoms in total. The van der Waals surface area contributed by atoms with E-state index in [1.54, 1.807) is 6.20 Å². The third-order valence-electron chi connectivity index (χ3n) is 5.65. The molecule has 3 aromatic heterocycles. The van der Waals surface area contributed by atoms with Crippen molar-refractivity contribution in [2.24, 2.45) is 0 Å². The molecule has 168 valence electrons. The van der Waals surface area contributed by atoms with Crippen molar-refractivity contribution in [3.8, 4) is 28.3 Å². The average Bonchev–Trinajstić information content (AvgIpc) is 3.51. The predicted octanol–water partition coefficient (Wildman–Crippen LogP) is 4.27. The molecule has 0 saturated heterocycles. The highest BCUT2D eigenvalue weighted by molar-refractivity contribution is 7.89. The molecule has 0 aliphatic heterocycles. The van der Waals surface area contributed by atoms with Gasteiger partial charge in [0.05, 0.1) is 28.9 Å². The first-order chi connectivity index (χ1) is 16.4. The maximum absolute atomic E-state index is 13.0. The average molecular weight is 469 g/mol. The molecule has 0 aliphatic carbocycles. The molecule has 0 atom stereocenters. The van der Waals surface area contributed by atoms with Crippen LogP contribution in [-0.4, -0.2) is 41.7 Å². The van der Waals surface area contributed by atoms with Gasteiger partial charge in [-0.3, -0.25) is 0 Å². The van der Waals surface area contributed by atoms with E-state index in [9.17, 15) is 8.42 Å². The molecule has 0 spiro atoms. The molecule has 0 radical (unpaired) electrons. The number of aromatic amines is 1. The van der Waals surface area contributed by atoms with E-state index < -0.39 is 10.0 Å². The van der Waals surface area contributed by atoms with Crippen LogP contribution in [0.3, 0.4) is 0 Å². The van der Waals surface area contributed by atoms with Crippen molar-refractivity contribution in [3.63, 3.8) is 0 Å². The number of nitriles is 1. The van der Waals surface area contributed by atoms with E-state index in [2.05, 4.69) is 27.2 Å². The van der Waals surface area contributed by atoms with Gasteiger partial charge in [-0.15, -0.1) is 0 Å². The SMILES string of the molecule is CN(C)c1ccc(-c2cnc3[nH]cc(-c4cnn(S(=O)(=O)c5ccc(C#N)cc5)c4)c3c2)cc1. The Bertz CT molecular complexity index is 1640. The number of H-pyrrole nitrogens is 1. The number of anilines is 1. The molecular formula is C25H20N6O2S. The summed E-state index contributed by atoms with van der Waals surface area (Å²) in [6.07, 6.45) is 6.61. The fraction of sp³-hybridized carbons (Fsp3) is 0.0800. The first kappa shape index (κ1) is 21.4. The van der Waals surface area contributed by atoms with E-state index in [4.69, 9.17) is 5.26 Å². The van der Waals surface area contributed by atoms with E-state index in [1.807, 2.05) is 49.5 Å². The van der Waals surface area contributed by atoms with E-state index >= 15 is 0 Å². The molecule has 3 heterocycles. The Morgan fingerprint density at radius 3 is 2.38 bits per heavy atom. The smallest absolute Gasteiger partial charge is 0.282 e. The molecule has 0 saturated carbocycles. The summed E-state index contributed by atoms with van der Waals surface area (Å²) >= 11 is 0. The number of fused-ring (bicyclic) bond motifs is 1. The molecule has 0 amide bonds. The number of aromatic nitrogens is 4. The maximum atomic E-state index is 13.0. The molecule has 5 aromatic rings. The molecule has 1 N–H and O–H groups in total. The molecule has 5 rings (SSSR count). The van der Waals surface area contributed by atoms with Gasteiger partial charge in [-0.2, -0.15) is 22.9 Å². The van der Waals surface area contributed by atoms with Crippen LogP contribution in [-0.2, 0) is 10.0 Å². The molecule has 0 fully saturated rings. The predicted molar refractivity (Wildman–Crippen MR) is 131 cm³/mol. The lowest BCUT2D eigenvalue weighted by Crippen LogP contribution is -2.13. The molecule has 0 aliphatic rings. The Balaban J connectivity index is 1.51. The summed E-state index contributed by atoms with van der Waals surface area (Å²) in [5.74, 6) is 0. The minimum atomic E-state index is -3.88. The maximum Gasteiger partial charge on any atom is 0.282 e. The van der Waals surface area contributed by atoms with Crippen molar-refractivity contribution < 1.29 is 8.42 Å². The Hall–Kier alpha value is -4.42. The monoisotopic (exact) mass is 468 g/mol. The van der Waals surface area contributed by atoms with E-state index in [1.165, 1.54) is 36.7 Å². The summed E-state index contributed by atoms with van der Waals surface area (Å²) in [6, 6.07) is 18.0. The van der Waals surface area contributed by atoms with Gasteiger partial charge < -0.3 is 9.88 Å². The Labute approximate surface area is 196 Å². The number of pyridine rings is 1. The standard InChI is InChI=1S/C25H20N6O2S/c1-30(2)21-7-5-18(6-8-21)19-11-23-24(15-28-25(23)27-13-19)20-14-29-31(16-20)34(32,33)22-9-3-17(12-26)4-10-22/h3-11,13-16H,1-2H3,(H,27,28). The quantitative estimate of drug-likeness (QED) is 0.413. The molecular weight excluding hydrogens is 448 g/mol. The van der Waals surface area contributed by atoms with Gasteiger partial charge in [-0.25, -0.2) is 4.98 Å². The van der Waals surface area contributed by atoms with Gasteiger partial charge in [0.25, 0.3) is 10.0 Å². The van der Waals surface area contributed by atoms with Gasteiger partial charge in [0.1, 0.15) is 5.65 Å². The zero-order valence-electron chi connectivity index (χ0n) is 18.5. The number of hydrogen-bond acceptors (Lipinski definition) is 6. The summed E-state index contributed by atoms with van der Waals surface area (Å²) in [5.41, 5.74) is 5.63.